The maximum atomic E-state index is 12.5. The Morgan fingerprint density at radius 1 is 1.38 bits per heavy atom. The second-order valence-corrected chi connectivity index (χ2v) is 6.38. The molecule has 1 amide bonds. The zero-order valence-corrected chi connectivity index (χ0v) is 12.7. The standard InChI is InChI=1S/C16H20ClNO3/c17-13-4-2-12(3-5-13)14(19)10-15(20)18-8-9-21-11-16(18)6-1-7-16/h2-5,14,19H,1,6-11H2. The van der Waals surface area contributed by atoms with E-state index in [1.165, 1.54) is 0 Å². The summed E-state index contributed by atoms with van der Waals surface area (Å²) in [6.45, 7) is 1.85. The van der Waals surface area contributed by atoms with Gasteiger partial charge in [0.1, 0.15) is 0 Å². The summed E-state index contributed by atoms with van der Waals surface area (Å²) >= 11 is 5.84. The summed E-state index contributed by atoms with van der Waals surface area (Å²) in [6, 6.07) is 6.98. The van der Waals surface area contributed by atoms with E-state index in [-0.39, 0.29) is 17.9 Å². The number of ether oxygens (including phenoxy) is 1. The number of hydrogen-bond acceptors (Lipinski definition) is 3. The highest BCUT2D eigenvalue weighted by molar-refractivity contribution is 6.30. The molecule has 114 valence electrons. The van der Waals surface area contributed by atoms with E-state index < -0.39 is 6.10 Å². The zero-order chi connectivity index (χ0) is 14.9. The van der Waals surface area contributed by atoms with Crippen molar-refractivity contribution in [2.24, 2.45) is 0 Å². The number of halogens is 1. The predicted molar refractivity (Wildman–Crippen MR) is 80.1 cm³/mol. The second kappa shape index (κ2) is 5.95. The van der Waals surface area contributed by atoms with Crippen molar-refractivity contribution in [3.8, 4) is 0 Å². The van der Waals surface area contributed by atoms with E-state index in [4.69, 9.17) is 16.3 Å². The number of carbonyl (C=O) groups excluding carboxylic acids is 1. The molecule has 1 saturated heterocycles. The number of rotatable bonds is 3. The molecule has 1 N–H and O–H groups in total. The highest BCUT2D eigenvalue weighted by atomic mass is 35.5. The number of morpholine rings is 1. The van der Waals surface area contributed by atoms with Gasteiger partial charge >= 0.3 is 0 Å². The lowest BCUT2D eigenvalue weighted by Gasteiger charge is -2.52. The maximum absolute atomic E-state index is 12.5. The molecule has 0 aromatic heterocycles. The van der Waals surface area contributed by atoms with Crippen molar-refractivity contribution in [3.05, 3.63) is 34.9 Å². The van der Waals surface area contributed by atoms with Crippen molar-refractivity contribution >= 4 is 17.5 Å². The Bertz CT molecular complexity index is 513. The summed E-state index contributed by atoms with van der Waals surface area (Å²) in [5, 5.41) is 10.9. The molecule has 1 saturated carbocycles. The number of hydrogen-bond donors (Lipinski definition) is 1. The fourth-order valence-electron chi connectivity index (χ4n) is 3.20. The second-order valence-electron chi connectivity index (χ2n) is 5.95. The van der Waals surface area contributed by atoms with Crippen molar-refractivity contribution < 1.29 is 14.6 Å². The van der Waals surface area contributed by atoms with Crippen molar-refractivity contribution in [2.45, 2.75) is 37.3 Å². The van der Waals surface area contributed by atoms with Crippen LogP contribution in [0.3, 0.4) is 0 Å². The summed E-state index contributed by atoms with van der Waals surface area (Å²) < 4.78 is 5.54. The lowest BCUT2D eigenvalue weighted by atomic mass is 9.75. The summed E-state index contributed by atoms with van der Waals surface area (Å²) in [5.41, 5.74) is 0.623. The third-order valence-electron chi connectivity index (χ3n) is 4.61. The van der Waals surface area contributed by atoms with Gasteiger partial charge in [-0.25, -0.2) is 0 Å². The van der Waals surface area contributed by atoms with Gasteiger partial charge in [0, 0.05) is 11.6 Å². The highest BCUT2D eigenvalue weighted by Gasteiger charge is 2.46. The third-order valence-corrected chi connectivity index (χ3v) is 4.86. The van der Waals surface area contributed by atoms with Crippen LogP contribution in [0.2, 0.25) is 5.02 Å². The molecule has 1 spiro atoms. The van der Waals surface area contributed by atoms with Crippen LogP contribution in [-0.4, -0.2) is 41.2 Å². The molecule has 5 heteroatoms. The van der Waals surface area contributed by atoms with Crippen LogP contribution in [0.4, 0.5) is 0 Å². The first kappa shape index (κ1) is 14.8. The van der Waals surface area contributed by atoms with Crippen LogP contribution in [-0.2, 0) is 9.53 Å². The summed E-state index contributed by atoms with van der Waals surface area (Å²) in [5.74, 6) is 0.0143. The zero-order valence-electron chi connectivity index (χ0n) is 11.9. The van der Waals surface area contributed by atoms with Gasteiger partial charge in [-0.3, -0.25) is 4.79 Å². The van der Waals surface area contributed by atoms with E-state index in [0.29, 0.717) is 24.8 Å². The monoisotopic (exact) mass is 309 g/mol. The quantitative estimate of drug-likeness (QED) is 0.933. The Morgan fingerprint density at radius 3 is 2.71 bits per heavy atom. The molecule has 1 heterocycles. The normalized spacial score (nSPS) is 21.9. The van der Waals surface area contributed by atoms with Gasteiger partial charge in [0.2, 0.25) is 5.91 Å². The van der Waals surface area contributed by atoms with Gasteiger partial charge in [0.25, 0.3) is 0 Å². The maximum Gasteiger partial charge on any atom is 0.226 e. The molecule has 21 heavy (non-hydrogen) atoms. The van der Waals surface area contributed by atoms with Crippen molar-refractivity contribution in [1.29, 1.82) is 0 Å². The smallest absolute Gasteiger partial charge is 0.226 e. The molecule has 0 bridgehead atoms. The van der Waals surface area contributed by atoms with E-state index in [9.17, 15) is 9.90 Å². The molecule has 2 aliphatic rings. The van der Waals surface area contributed by atoms with Crippen molar-refractivity contribution in [2.75, 3.05) is 19.8 Å². The molecule has 1 aromatic carbocycles. The highest BCUT2D eigenvalue weighted by Crippen LogP contribution is 2.40. The Hall–Kier alpha value is -1.10. The molecule has 2 fully saturated rings. The minimum Gasteiger partial charge on any atom is -0.388 e. The summed E-state index contributed by atoms with van der Waals surface area (Å²) in [7, 11) is 0. The molecule has 4 nitrogen and oxygen atoms in total. The topological polar surface area (TPSA) is 49.8 Å². The molecule has 1 unspecified atom stereocenters. The van der Waals surface area contributed by atoms with Crippen molar-refractivity contribution in [1.82, 2.24) is 4.90 Å². The minimum absolute atomic E-state index is 0.0143. The molecular weight excluding hydrogens is 290 g/mol. The first-order chi connectivity index (χ1) is 10.1. The molecule has 3 rings (SSSR count). The van der Waals surface area contributed by atoms with Gasteiger partial charge in [-0.2, -0.15) is 0 Å². The Morgan fingerprint density at radius 2 is 2.10 bits per heavy atom. The Kier molecular flexibility index (Phi) is 4.20. The van der Waals surface area contributed by atoms with E-state index in [0.717, 1.165) is 24.8 Å². The van der Waals surface area contributed by atoms with Crippen LogP contribution in [0.1, 0.15) is 37.4 Å². The number of amides is 1. The first-order valence-corrected chi connectivity index (χ1v) is 7.80. The van der Waals surface area contributed by atoms with Crippen LogP contribution in [0.15, 0.2) is 24.3 Å². The average Bonchev–Trinajstić information content (AvgIpc) is 2.46. The van der Waals surface area contributed by atoms with Crippen molar-refractivity contribution in [3.63, 3.8) is 0 Å². The SMILES string of the molecule is O=C(CC(O)c1ccc(Cl)cc1)N1CCOCC12CCC2. The van der Waals surface area contributed by atoms with Crippen LogP contribution >= 0.6 is 11.6 Å². The van der Waals surface area contributed by atoms with Crippen LogP contribution in [0.25, 0.3) is 0 Å². The number of aliphatic hydroxyl groups is 1. The van der Waals surface area contributed by atoms with Gasteiger partial charge in [-0.1, -0.05) is 23.7 Å². The molecular formula is C16H20ClNO3. The lowest BCUT2D eigenvalue weighted by molar-refractivity contribution is -0.160. The summed E-state index contributed by atoms with van der Waals surface area (Å²) in [6.07, 6.45) is 2.50. The Labute approximate surface area is 129 Å². The molecule has 1 aromatic rings. The van der Waals surface area contributed by atoms with Gasteiger partial charge < -0.3 is 14.7 Å². The van der Waals surface area contributed by atoms with Gasteiger partial charge in [-0.05, 0) is 37.0 Å². The van der Waals surface area contributed by atoms with Crippen LogP contribution < -0.4 is 0 Å². The largest absolute Gasteiger partial charge is 0.388 e. The lowest BCUT2D eigenvalue weighted by Crippen LogP contribution is -2.62. The average molecular weight is 310 g/mol. The molecule has 0 radical (unpaired) electrons. The van der Waals surface area contributed by atoms with E-state index in [1.54, 1.807) is 24.3 Å². The van der Waals surface area contributed by atoms with Gasteiger partial charge in [0.05, 0.1) is 31.3 Å². The van der Waals surface area contributed by atoms with E-state index in [2.05, 4.69) is 0 Å². The summed E-state index contributed by atoms with van der Waals surface area (Å²) in [4.78, 5) is 14.5. The third kappa shape index (κ3) is 2.93. The van der Waals surface area contributed by atoms with E-state index in [1.807, 2.05) is 4.90 Å². The predicted octanol–water partition coefficient (Wildman–Crippen LogP) is 2.55. The Balaban J connectivity index is 1.66. The van der Waals surface area contributed by atoms with Crippen LogP contribution in [0, 0.1) is 0 Å². The number of benzene rings is 1. The van der Waals surface area contributed by atoms with Gasteiger partial charge in [-0.15, -0.1) is 0 Å². The number of carbonyl (C=O) groups is 1. The molecule has 1 atom stereocenters. The van der Waals surface area contributed by atoms with Crippen LogP contribution in [0.5, 0.6) is 0 Å². The number of aliphatic hydroxyl groups excluding tert-OH is 1. The fourth-order valence-corrected chi connectivity index (χ4v) is 3.33. The fraction of sp³-hybridized carbons (Fsp3) is 0.562. The number of nitrogens with zero attached hydrogens (tertiary/aromatic N) is 1. The van der Waals surface area contributed by atoms with Gasteiger partial charge in [0.15, 0.2) is 0 Å². The first-order valence-electron chi connectivity index (χ1n) is 7.42. The minimum atomic E-state index is -0.783. The molecule has 1 aliphatic carbocycles. The van der Waals surface area contributed by atoms with E-state index >= 15 is 0 Å². The molecule has 1 aliphatic heterocycles.